The van der Waals surface area contributed by atoms with E-state index in [4.69, 9.17) is 9.16 Å². The minimum absolute atomic E-state index is 0.0176. The van der Waals surface area contributed by atoms with Gasteiger partial charge >= 0.3 is 5.97 Å². The van der Waals surface area contributed by atoms with Crippen LogP contribution in [0.1, 0.15) is 27.2 Å². The molecular formula is C12H21IO3Si. The molecule has 0 N–H and O–H groups in total. The van der Waals surface area contributed by atoms with Crippen LogP contribution >= 0.6 is 22.6 Å². The summed E-state index contributed by atoms with van der Waals surface area (Å²) in [4.78, 5) is 11.6. The van der Waals surface area contributed by atoms with Gasteiger partial charge in [-0.15, -0.1) is 0 Å². The Balaban J connectivity index is 2.12. The van der Waals surface area contributed by atoms with Crippen LogP contribution in [0.4, 0.5) is 0 Å². The number of carbonyl (C=O) groups is 1. The third kappa shape index (κ3) is 2.30. The van der Waals surface area contributed by atoms with Crippen molar-refractivity contribution in [3.8, 4) is 0 Å². The zero-order valence-electron chi connectivity index (χ0n) is 11.1. The van der Waals surface area contributed by atoms with E-state index in [1.54, 1.807) is 0 Å². The number of ether oxygens (including phenoxy) is 1. The van der Waals surface area contributed by atoms with Crippen LogP contribution in [0, 0.1) is 5.92 Å². The van der Waals surface area contributed by atoms with Crippen molar-refractivity contribution in [2.45, 2.75) is 61.5 Å². The van der Waals surface area contributed by atoms with Gasteiger partial charge in [-0.05, 0) is 18.1 Å². The zero-order valence-corrected chi connectivity index (χ0v) is 14.3. The first-order valence-corrected chi connectivity index (χ1v) is 10.3. The Kier molecular flexibility index (Phi) is 3.41. The highest BCUT2D eigenvalue weighted by Crippen LogP contribution is 2.46. The molecule has 0 aromatic rings. The lowest BCUT2D eigenvalue weighted by molar-refractivity contribution is -0.151. The predicted molar refractivity (Wildman–Crippen MR) is 77.9 cm³/mol. The summed E-state index contributed by atoms with van der Waals surface area (Å²) < 4.78 is 12.0. The second kappa shape index (κ2) is 4.20. The summed E-state index contributed by atoms with van der Waals surface area (Å²) in [6.07, 6.45) is 1.01. The average molecular weight is 368 g/mol. The minimum atomic E-state index is -1.79. The SMILES string of the molecule is CC(C)(C)[Si](C)(C)O[C@H]1C2CC(OC2=O)C1I. The van der Waals surface area contributed by atoms with Crippen molar-refractivity contribution in [3.63, 3.8) is 0 Å². The van der Waals surface area contributed by atoms with E-state index in [0.717, 1.165) is 6.42 Å². The van der Waals surface area contributed by atoms with E-state index < -0.39 is 8.32 Å². The first-order chi connectivity index (χ1) is 7.63. The molecule has 0 spiro atoms. The van der Waals surface area contributed by atoms with Crippen molar-refractivity contribution in [1.82, 2.24) is 0 Å². The Hall–Kier alpha value is 0.377. The summed E-state index contributed by atoms with van der Waals surface area (Å²) >= 11 is 2.38. The van der Waals surface area contributed by atoms with Crippen LogP contribution in [-0.4, -0.2) is 30.4 Å². The third-order valence-electron chi connectivity index (χ3n) is 4.36. The summed E-state index contributed by atoms with van der Waals surface area (Å²) in [7, 11) is -1.79. The molecular weight excluding hydrogens is 347 g/mol. The molecule has 2 aliphatic rings. The second-order valence-electron chi connectivity index (χ2n) is 6.60. The van der Waals surface area contributed by atoms with Crippen LogP contribution in [-0.2, 0) is 14.0 Å². The number of halogens is 1. The first kappa shape index (κ1) is 13.8. The molecule has 1 saturated heterocycles. The Morgan fingerprint density at radius 3 is 2.47 bits per heavy atom. The number of fused-ring (bicyclic) bond motifs is 2. The van der Waals surface area contributed by atoms with E-state index in [0.29, 0.717) is 3.92 Å². The average Bonchev–Trinajstić information content (AvgIpc) is 2.64. The molecule has 2 rings (SSSR count). The van der Waals surface area contributed by atoms with Gasteiger partial charge in [0.15, 0.2) is 8.32 Å². The predicted octanol–water partition coefficient (Wildman–Crippen LogP) is 3.13. The molecule has 0 amide bonds. The molecule has 3 nitrogen and oxygen atoms in total. The molecule has 1 saturated carbocycles. The molecule has 2 bridgehead atoms. The molecule has 1 aliphatic heterocycles. The van der Waals surface area contributed by atoms with Crippen molar-refractivity contribution in [2.75, 3.05) is 0 Å². The maximum atomic E-state index is 11.6. The summed E-state index contributed by atoms with van der Waals surface area (Å²) in [5.41, 5.74) is 0. The fourth-order valence-corrected chi connectivity index (χ4v) is 4.90. The van der Waals surface area contributed by atoms with Gasteiger partial charge in [-0.25, -0.2) is 0 Å². The molecule has 1 heterocycles. The van der Waals surface area contributed by atoms with E-state index in [1.165, 1.54) is 0 Å². The van der Waals surface area contributed by atoms with Crippen molar-refractivity contribution in [2.24, 2.45) is 5.92 Å². The lowest BCUT2D eigenvalue weighted by Gasteiger charge is -2.41. The minimum Gasteiger partial charge on any atom is -0.461 e. The van der Waals surface area contributed by atoms with Crippen molar-refractivity contribution >= 4 is 36.9 Å². The maximum Gasteiger partial charge on any atom is 0.312 e. The smallest absolute Gasteiger partial charge is 0.312 e. The van der Waals surface area contributed by atoms with Gasteiger partial charge in [0.2, 0.25) is 0 Å². The lowest BCUT2D eigenvalue weighted by atomic mass is 10.1. The topological polar surface area (TPSA) is 35.5 Å². The van der Waals surface area contributed by atoms with Crippen LogP contribution in [0.2, 0.25) is 18.1 Å². The van der Waals surface area contributed by atoms with Crippen LogP contribution in [0.3, 0.4) is 0 Å². The van der Waals surface area contributed by atoms with Crippen LogP contribution in [0.25, 0.3) is 0 Å². The molecule has 0 aromatic heterocycles. The summed E-state index contributed by atoms with van der Waals surface area (Å²) in [5, 5.41) is 0.190. The highest BCUT2D eigenvalue weighted by molar-refractivity contribution is 14.1. The van der Waals surface area contributed by atoms with Gasteiger partial charge in [0.25, 0.3) is 0 Å². The standard InChI is InChI=1S/C12H21IO3Si/c1-12(2,3)17(4,5)16-10-7-6-8(9(10)13)15-11(7)14/h7-10H,6H2,1-5H3/t7?,8?,9?,10-/m0/s1. The number of alkyl halides is 1. The summed E-state index contributed by atoms with van der Waals surface area (Å²) in [5.74, 6) is -0.0670. The number of hydrogen-bond acceptors (Lipinski definition) is 3. The molecule has 5 heteroatoms. The molecule has 2 fully saturated rings. The fraction of sp³-hybridized carbons (Fsp3) is 0.917. The molecule has 4 atom stereocenters. The van der Waals surface area contributed by atoms with Crippen LogP contribution in [0.5, 0.6) is 0 Å². The third-order valence-corrected chi connectivity index (χ3v) is 10.3. The summed E-state index contributed by atoms with van der Waals surface area (Å²) in [6.45, 7) is 11.2. The number of esters is 1. The molecule has 98 valence electrons. The van der Waals surface area contributed by atoms with E-state index >= 15 is 0 Å². The number of hydrogen-bond donors (Lipinski definition) is 0. The monoisotopic (exact) mass is 368 g/mol. The highest BCUT2D eigenvalue weighted by atomic mass is 127. The van der Waals surface area contributed by atoms with Gasteiger partial charge in [0.05, 0.1) is 15.9 Å². The molecule has 0 radical (unpaired) electrons. The van der Waals surface area contributed by atoms with E-state index in [-0.39, 0.29) is 29.1 Å². The van der Waals surface area contributed by atoms with E-state index in [2.05, 4.69) is 56.5 Å². The first-order valence-electron chi connectivity index (χ1n) is 6.16. The van der Waals surface area contributed by atoms with E-state index in [1.807, 2.05) is 0 Å². The Bertz CT molecular complexity index is 337. The summed E-state index contributed by atoms with van der Waals surface area (Å²) in [6, 6.07) is 0. The fourth-order valence-electron chi connectivity index (χ4n) is 2.19. The highest BCUT2D eigenvalue weighted by Gasteiger charge is 2.56. The van der Waals surface area contributed by atoms with Gasteiger partial charge in [-0.3, -0.25) is 4.79 Å². The number of rotatable bonds is 2. The van der Waals surface area contributed by atoms with Gasteiger partial charge in [0.1, 0.15) is 6.10 Å². The van der Waals surface area contributed by atoms with Gasteiger partial charge in [0, 0.05) is 6.42 Å². The Morgan fingerprint density at radius 2 is 2.00 bits per heavy atom. The second-order valence-corrected chi connectivity index (χ2v) is 12.8. The molecule has 1 aliphatic carbocycles. The van der Waals surface area contributed by atoms with Crippen molar-refractivity contribution in [1.29, 1.82) is 0 Å². The Morgan fingerprint density at radius 1 is 1.41 bits per heavy atom. The quantitative estimate of drug-likeness (QED) is 0.325. The van der Waals surface area contributed by atoms with Gasteiger partial charge < -0.3 is 9.16 Å². The maximum absolute atomic E-state index is 11.6. The zero-order chi connectivity index (χ0) is 13.0. The Labute approximate surface area is 118 Å². The lowest BCUT2D eigenvalue weighted by Crippen LogP contribution is -2.50. The number of carbonyl (C=O) groups excluding carboxylic acids is 1. The normalized spacial score (nSPS) is 37.4. The van der Waals surface area contributed by atoms with Crippen LogP contribution in [0.15, 0.2) is 0 Å². The largest absolute Gasteiger partial charge is 0.461 e. The molecule has 17 heavy (non-hydrogen) atoms. The van der Waals surface area contributed by atoms with Gasteiger partial charge in [-0.2, -0.15) is 0 Å². The van der Waals surface area contributed by atoms with Crippen molar-refractivity contribution < 1.29 is 14.0 Å². The van der Waals surface area contributed by atoms with Crippen molar-refractivity contribution in [3.05, 3.63) is 0 Å². The molecule has 3 unspecified atom stereocenters. The van der Waals surface area contributed by atoms with Crippen LogP contribution < -0.4 is 0 Å². The van der Waals surface area contributed by atoms with Gasteiger partial charge in [-0.1, -0.05) is 43.4 Å². The van der Waals surface area contributed by atoms with E-state index in [9.17, 15) is 4.79 Å². The molecule has 0 aromatic carbocycles.